The standard InChI is InChI=1S/C11H20O2/c1-9(2)10(13)7-11(8-12)5-3-4-6-11/h8-10,13H,3-7H2,1-2H3. The minimum Gasteiger partial charge on any atom is -0.393 e. The van der Waals surface area contributed by atoms with E-state index >= 15 is 0 Å². The summed E-state index contributed by atoms with van der Waals surface area (Å²) < 4.78 is 0. The van der Waals surface area contributed by atoms with E-state index in [4.69, 9.17) is 0 Å². The third-order valence-corrected chi connectivity index (χ3v) is 3.23. The molecule has 13 heavy (non-hydrogen) atoms. The van der Waals surface area contributed by atoms with Gasteiger partial charge >= 0.3 is 0 Å². The molecule has 0 aliphatic heterocycles. The number of hydrogen-bond donors (Lipinski definition) is 1. The van der Waals surface area contributed by atoms with Gasteiger partial charge in [-0.25, -0.2) is 0 Å². The van der Waals surface area contributed by atoms with E-state index < -0.39 is 0 Å². The predicted octanol–water partition coefficient (Wildman–Crippen LogP) is 2.15. The van der Waals surface area contributed by atoms with E-state index in [1.165, 1.54) is 0 Å². The summed E-state index contributed by atoms with van der Waals surface area (Å²) in [6.45, 7) is 4.00. The van der Waals surface area contributed by atoms with Gasteiger partial charge in [-0.05, 0) is 25.2 Å². The van der Waals surface area contributed by atoms with E-state index in [2.05, 4.69) is 0 Å². The highest BCUT2D eigenvalue weighted by molar-refractivity contribution is 5.59. The van der Waals surface area contributed by atoms with Gasteiger partial charge in [0.05, 0.1) is 6.10 Å². The van der Waals surface area contributed by atoms with Crippen LogP contribution in [0.15, 0.2) is 0 Å². The van der Waals surface area contributed by atoms with Gasteiger partial charge in [-0.3, -0.25) is 0 Å². The quantitative estimate of drug-likeness (QED) is 0.680. The van der Waals surface area contributed by atoms with Crippen LogP contribution in [-0.4, -0.2) is 17.5 Å². The number of aldehydes is 1. The van der Waals surface area contributed by atoms with Crippen LogP contribution in [0.2, 0.25) is 0 Å². The lowest BCUT2D eigenvalue weighted by molar-refractivity contribution is -0.118. The van der Waals surface area contributed by atoms with Gasteiger partial charge < -0.3 is 9.90 Å². The molecule has 0 aromatic heterocycles. The van der Waals surface area contributed by atoms with Crippen molar-refractivity contribution in [2.24, 2.45) is 11.3 Å². The van der Waals surface area contributed by atoms with Crippen molar-refractivity contribution in [1.29, 1.82) is 0 Å². The summed E-state index contributed by atoms with van der Waals surface area (Å²) in [6.07, 6.45) is 5.65. The SMILES string of the molecule is CC(C)C(O)CC1(C=O)CCCC1. The topological polar surface area (TPSA) is 37.3 Å². The number of rotatable bonds is 4. The van der Waals surface area contributed by atoms with Gasteiger partial charge in [0.1, 0.15) is 6.29 Å². The molecule has 0 saturated heterocycles. The van der Waals surface area contributed by atoms with Crippen LogP contribution in [0.1, 0.15) is 46.0 Å². The fourth-order valence-electron chi connectivity index (χ4n) is 2.10. The molecule has 0 heterocycles. The Kier molecular flexibility index (Phi) is 3.48. The van der Waals surface area contributed by atoms with E-state index in [0.717, 1.165) is 32.0 Å². The number of carbonyl (C=O) groups excluding carboxylic acids is 1. The largest absolute Gasteiger partial charge is 0.393 e. The number of aliphatic hydroxyl groups is 1. The third-order valence-electron chi connectivity index (χ3n) is 3.23. The maximum Gasteiger partial charge on any atom is 0.126 e. The molecule has 0 aromatic rings. The Bertz CT molecular complexity index is 169. The fourth-order valence-corrected chi connectivity index (χ4v) is 2.10. The van der Waals surface area contributed by atoms with Gasteiger partial charge in [-0.1, -0.05) is 26.7 Å². The third kappa shape index (κ3) is 2.53. The second kappa shape index (κ2) is 4.23. The zero-order valence-corrected chi connectivity index (χ0v) is 8.62. The summed E-state index contributed by atoms with van der Waals surface area (Å²) in [5.41, 5.74) is -0.191. The lowest BCUT2D eigenvalue weighted by Crippen LogP contribution is -2.28. The molecule has 1 unspecified atom stereocenters. The minimum atomic E-state index is -0.316. The molecule has 1 fully saturated rings. The van der Waals surface area contributed by atoms with Crippen molar-refractivity contribution in [3.8, 4) is 0 Å². The summed E-state index contributed by atoms with van der Waals surface area (Å²) in [5.74, 6) is 0.262. The molecule has 2 heteroatoms. The molecule has 1 saturated carbocycles. The summed E-state index contributed by atoms with van der Waals surface area (Å²) >= 11 is 0. The van der Waals surface area contributed by atoms with E-state index in [-0.39, 0.29) is 17.4 Å². The Balaban J connectivity index is 2.53. The van der Waals surface area contributed by atoms with Crippen molar-refractivity contribution in [2.45, 2.75) is 52.1 Å². The van der Waals surface area contributed by atoms with Crippen LogP contribution < -0.4 is 0 Å². The smallest absolute Gasteiger partial charge is 0.126 e. The molecule has 1 rings (SSSR count). The van der Waals surface area contributed by atoms with Crippen LogP contribution in [0, 0.1) is 11.3 Å². The second-order valence-corrected chi connectivity index (χ2v) is 4.70. The Labute approximate surface area is 80.3 Å². The van der Waals surface area contributed by atoms with Gasteiger partial charge in [0.25, 0.3) is 0 Å². The van der Waals surface area contributed by atoms with Crippen LogP contribution in [0.25, 0.3) is 0 Å². The van der Waals surface area contributed by atoms with E-state index in [9.17, 15) is 9.90 Å². The van der Waals surface area contributed by atoms with E-state index in [1.54, 1.807) is 0 Å². The van der Waals surface area contributed by atoms with Crippen LogP contribution in [0.3, 0.4) is 0 Å². The molecular weight excluding hydrogens is 164 g/mol. The van der Waals surface area contributed by atoms with Crippen molar-refractivity contribution in [3.63, 3.8) is 0 Å². The number of carbonyl (C=O) groups is 1. The maximum atomic E-state index is 11.0. The zero-order chi connectivity index (χ0) is 9.90. The molecule has 0 amide bonds. The van der Waals surface area contributed by atoms with Gasteiger partial charge in [0.15, 0.2) is 0 Å². The van der Waals surface area contributed by atoms with Crippen LogP contribution >= 0.6 is 0 Å². The number of aliphatic hydroxyl groups excluding tert-OH is 1. The summed E-state index contributed by atoms with van der Waals surface area (Å²) in [6, 6.07) is 0. The number of hydrogen-bond acceptors (Lipinski definition) is 2. The lowest BCUT2D eigenvalue weighted by Gasteiger charge is -2.26. The molecule has 0 spiro atoms. The zero-order valence-electron chi connectivity index (χ0n) is 8.62. The van der Waals surface area contributed by atoms with Crippen LogP contribution in [0.5, 0.6) is 0 Å². The van der Waals surface area contributed by atoms with Gasteiger partial charge in [0.2, 0.25) is 0 Å². The van der Waals surface area contributed by atoms with E-state index in [0.29, 0.717) is 6.42 Å². The first-order chi connectivity index (χ1) is 6.09. The molecule has 2 nitrogen and oxygen atoms in total. The molecule has 0 radical (unpaired) electrons. The van der Waals surface area contributed by atoms with Crippen molar-refractivity contribution < 1.29 is 9.90 Å². The highest BCUT2D eigenvalue weighted by atomic mass is 16.3. The van der Waals surface area contributed by atoms with Crippen molar-refractivity contribution in [3.05, 3.63) is 0 Å². The molecule has 1 aliphatic rings. The van der Waals surface area contributed by atoms with Crippen molar-refractivity contribution in [2.75, 3.05) is 0 Å². The van der Waals surface area contributed by atoms with Crippen molar-refractivity contribution >= 4 is 6.29 Å². The Morgan fingerprint density at radius 1 is 1.38 bits per heavy atom. The first-order valence-corrected chi connectivity index (χ1v) is 5.24. The average Bonchev–Trinajstić information content (AvgIpc) is 2.54. The van der Waals surface area contributed by atoms with Gasteiger partial charge in [0, 0.05) is 5.41 Å². The van der Waals surface area contributed by atoms with Crippen molar-refractivity contribution in [1.82, 2.24) is 0 Å². The Morgan fingerprint density at radius 3 is 2.31 bits per heavy atom. The molecule has 0 aromatic carbocycles. The van der Waals surface area contributed by atoms with Crippen LogP contribution in [-0.2, 0) is 4.79 Å². The monoisotopic (exact) mass is 184 g/mol. The maximum absolute atomic E-state index is 11.0. The van der Waals surface area contributed by atoms with Gasteiger partial charge in [-0.2, -0.15) is 0 Å². The molecule has 76 valence electrons. The first kappa shape index (κ1) is 10.7. The minimum absolute atomic E-state index is 0.191. The van der Waals surface area contributed by atoms with E-state index in [1.807, 2.05) is 13.8 Å². The normalized spacial score (nSPS) is 23.4. The Morgan fingerprint density at radius 2 is 1.92 bits per heavy atom. The summed E-state index contributed by atoms with van der Waals surface area (Å²) in [5, 5.41) is 9.72. The molecule has 1 atom stereocenters. The lowest BCUT2D eigenvalue weighted by atomic mass is 9.80. The highest BCUT2D eigenvalue weighted by Gasteiger charge is 2.35. The molecule has 0 bridgehead atoms. The highest BCUT2D eigenvalue weighted by Crippen LogP contribution is 2.40. The fraction of sp³-hybridized carbons (Fsp3) is 0.909. The first-order valence-electron chi connectivity index (χ1n) is 5.24. The predicted molar refractivity (Wildman–Crippen MR) is 52.4 cm³/mol. The second-order valence-electron chi connectivity index (χ2n) is 4.70. The van der Waals surface area contributed by atoms with Crippen LogP contribution in [0.4, 0.5) is 0 Å². The van der Waals surface area contributed by atoms with Gasteiger partial charge in [-0.15, -0.1) is 0 Å². The Hall–Kier alpha value is -0.370. The summed E-state index contributed by atoms with van der Waals surface area (Å²) in [7, 11) is 0. The average molecular weight is 184 g/mol. The molecule has 1 aliphatic carbocycles. The summed E-state index contributed by atoms with van der Waals surface area (Å²) in [4.78, 5) is 11.0. The molecule has 1 N–H and O–H groups in total. The molecular formula is C11H20O2.